The summed E-state index contributed by atoms with van der Waals surface area (Å²) in [4.78, 5) is 12.5. The Labute approximate surface area is 201 Å². The SMILES string of the molecule is C=C1NCCCCOc2cccc(c2)CNc2nc(nc(OCC(F)(F)F)n2)Cc2ccc1cc2. The van der Waals surface area contributed by atoms with Crippen LogP contribution in [0.1, 0.15) is 35.4 Å². The average molecular weight is 486 g/mol. The van der Waals surface area contributed by atoms with Gasteiger partial charge in [0, 0.05) is 25.2 Å². The van der Waals surface area contributed by atoms with Gasteiger partial charge in [-0.25, -0.2) is 0 Å². The van der Waals surface area contributed by atoms with Crippen LogP contribution in [0.4, 0.5) is 19.1 Å². The Hall–Kier alpha value is -3.82. The van der Waals surface area contributed by atoms with Crippen molar-refractivity contribution in [1.29, 1.82) is 0 Å². The van der Waals surface area contributed by atoms with E-state index in [4.69, 9.17) is 9.47 Å². The van der Waals surface area contributed by atoms with E-state index in [2.05, 4.69) is 32.2 Å². The van der Waals surface area contributed by atoms with Crippen molar-refractivity contribution in [2.24, 2.45) is 0 Å². The minimum absolute atomic E-state index is 0.127. The van der Waals surface area contributed by atoms with Gasteiger partial charge < -0.3 is 20.1 Å². The summed E-state index contributed by atoms with van der Waals surface area (Å²) in [5, 5.41) is 6.38. The summed E-state index contributed by atoms with van der Waals surface area (Å²) in [6, 6.07) is 14.9. The highest BCUT2D eigenvalue weighted by molar-refractivity contribution is 5.61. The van der Waals surface area contributed by atoms with Gasteiger partial charge in [-0.3, -0.25) is 0 Å². The standard InChI is InChI=1S/C25H26F3N5O2/c1-17-20-9-7-18(8-10-20)14-22-31-23(33-24(32-22)35-16-25(26,27)28)30-15-19-5-4-6-21(13-19)34-12-3-2-11-29-17/h4-10,13,29H,1-3,11-12,14-16H2,(H,30,31,32,33). The molecule has 6 bridgehead atoms. The van der Waals surface area contributed by atoms with Crippen molar-refractivity contribution in [3.63, 3.8) is 0 Å². The lowest BCUT2D eigenvalue weighted by atomic mass is 10.1. The molecule has 0 atom stereocenters. The minimum atomic E-state index is -4.50. The Kier molecular flexibility index (Phi) is 7.69. The van der Waals surface area contributed by atoms with Crippen LogP contribution in [0.25, 0.3) is 5.70 Å². The van der Waals surface area contributed by atoms with Gasteiger partial charge in [0.1, 0.15) is 11.6 Å². The van der Waals surface area contributed by atoms with Crippen LogP contribution < -0.4 is 20.1 Å². The van der Waals surface area contributed by atoms with E-state index in [1.165, 1.54) is 0 Å². The van der Waals surface area contributed by atoms with E-state index in [9.17, 15) is 13.2 Å². The van der Waals surface area contributed by atoms with Gasteiger partial charge in [0.15, 0.2) is 6.61 Å². The van der Waals surface area contributed by atoms with Crippen molar-refractivity contribution in [3.05, 3.63) is 77.6 Å². The molecular weight excluding hydrogens is 459 g/mol. The van der Waals surface area contributed by atoms with Crippen LogP contribution in [-0.4, -0.2) is 40.9 Å². The predicted molar refractivity (Wildman–Crippen MR) is 126 cm³/mol. The zero-order valence-electron chi connectivity index (χ0n) is 19.1. The number of nitrogens with one attached hydrogen (secondary N) is 2. The highest BCUT2D eigenvalue weighted by Crippen LogP contribution is 2.20. The average Bonchev–Trinajstić information content (AvgIpc) is 2.83. The van der Waals surface area contributed by atoms with Gasteiger partial charge >= 0.3 is 12.2 Å². The summed E-state index contributed by atoms with van der Waals surface area (Å²) in [5.74, 6) is 1.15. The summed E-state index contributed by atoms with van der Waals surface area (Å²) >= 11 is 0. The molecule has 2 aromatic carbocycles. The van der Waals surface area contributed by atoms with Crippen LogP contribution in [-0.2, 0) is 13.0 Å². The molecular formula is C25H26F3N5O2. The molecule has 0 amide bonds. The van der Waals surface area contributed by atoms with E-state index in [0.717, 1.165) is 47.5 Å². The van der Waals surface area contributed by atoms with E-state index < -0.39 is 12.8 Å². The van der Waals surface area contributed by atoms with E-state index in [1.54, 1.807) is 0 Å². The first-order valence-electron chi connectivity index (χ1n) is 11.3. The number of ether oxygens (including phenoxy) is 2. The molecule has 0 aliphatic carbocycles. The number of hydrogen-bond donors (Lipinski definition) is 2. The number of benzene rings is 2. The van der Waals surface area contributed by atoms with Crippen molar-refractivity contribution < 1.29 is 22.6 Å². The van der Waals surface area contributed by atoms with Crippen LogP contribution in [0.2, 0.25) is 0 Å². The van der Waals surface area contributed by atoms with Crippen LogP contribution in [0.15, 0.2) is 55.1 Å². The lowest BCUT2D eigenvalue weighted by Gasteiger charge is -2.13. The zero-order valence-corrected chi connectivity index (χ0v) is 19.1. The molecule has 35 heavy (non-hydrogen) atoms. The predicted octanol–water partition coefficient (Wildman–Crippen LogP) is 4.75. The van der Waals surface area contributed by atoms with Crippen LogP contribution in [0, 0.1) is 0 Å². The van der Waals surface area contributed by atoms with Crippen molar-refractivity contribution in [3.8, 4) is 11.8 Å². The fourth-order valence-electron chi connectivity index (χ4n) is 3.46. The number of alkyl halides is 3. The van der Waals surface area contributed by atoms with E-state index >= 15 is 0 Å². The van der Waals surface area contributed by atoms with Crippen molar-refractivity contribution in [2.75, 3.05) is 25.1 Å². The van der Waals surface area contributed by atoms with Crippen molar-refractivity contribution >= 4 is 11.6 Å². The topological polar surface area (TPSA) is 81.2 Å². The van der Waals surface area contributed by atoms with Gasteiger partial charge in [0.2, 0.25) is 5.95 Å². The molecule has 1 aromatic heterocycles. The van der Waals surface area contributed by atoms with Gasteiger partial charge in [-0.2, -0.15) is 28.1 Å². The van der Waals surface area contributed by atoms with Crippen LogP contribution in [0.3, 0.4) is 0 Å². The van der Waals surface area contributed by atoms with Gasteiger partial charge in [-0.05, 0) is 41.7 Å². The molecule has 7 nitrogen and oxygen atoms in total. The second-order valence-electron chi connectivity index (χ2n) is 8.10. The molecule has 10 heteroatoms. The molecule has 3 aromatic rings. The molecule has 2 N–H and O–H groups in total. The number of halogens is 3. The molecule has 5 rings (SSSR count). The Morgan fingerprint density at radius 3 is 2.60 bits per heavy atom. The third-order valence-electron chi connectivity index (χ3n) is 5.22. The molecule has 0 saturated carbocycles. The first-order valence-corrected chi connectivity index (χ1v) is 11.3. The van der Waals surface area contributed by atoms with E-state index in [0.29, 0.717) is 19.6 Å². The molecule has 0 unspecified atom stereocenters. The van der Waals surface area contributed by atoms with E-state index in [1.807, 2.05) is 48.5 Å². The number of fused-ring (bicyclic) bond motifs is 9. The first-order chi connectivity index (χ1) is 16.8. The largest absolute Gasteiger partial charge is 0.494 e. The molecule has 0 saturated heterocycles. The monoisotopic (exact) mass is 485 g/mol. The fourth-order valence-corrected chi connectivity index (χ4v) is 3.46. The molecule has 2 aliphatic heterocycles. The Morgan fingerprint density at radius 2 is 1.80 bits per heavy atom. The zero-order chi connectivity index (χ0) is 24.7. The Morgan fingerprint density at radius 1 is 0.971 bits per heavy atom. The molecule has 0 radical (unpaired) electrons. The smallest absolute Gasteiger partial charge is 0.422 e. The summed E-state index contributed by atoms with van der Waals surface area (Å²) in [6.45, 7) is 4.31. The lowest BCUT2D eigenvalue weighted by molar-refractivity contribution is -0.154. The molecule has 0 spiro atoms. The maximum absolute atomic E-state index is 12.7. The molecule has 184 valence electrons. The minimum Gasteiger partial charge on any atom is -0.494 e. The third kappa shape index (κ3) is 7.59. The van der Waals surface area contributed by atoms with Crippen molar-refractivity contribution in [2.45, 2.75) is 32.0 Å². The number of rotatable bonds is 2. The molecule has 3 heterocycles. The van der Waals surface area contributed by atoms with Gasteiger partial charge in [-0.1, -0.05) is 43.0 Å². The highest BCUT2D eigenvalue weighted by atomic mass is 19.4. The number of hydrogen-bond acceptors (Lipinski definition) is 7. The summed E-state index contributed by atoms with van der Waals surface area (Å²) < 4.78 is 48.7. The maximum atomic E-state index is 12.7. The second kappa shape index (κ2) is 11.1. The van der Waals surface area contributed by atoms with Gasteiger partial charge in [-0.15, -0.1) is 0 Å². The number of nitrogens with zero attached hydrogens (tertiary/aromatic N) is 3. The lowest BCUT2D eigenvalue weighted by Crippen LogP contribution is -2.21. The van der Waals surface area contributed by atoms with E-state index in [-0.39, 0.29) is 17.8 Å². The van der Waals surface area contributed by atoms with Crippen LogP contribution in [0.5, 0.6) is 11.8 Å². The number of anilines is 1. The summed E-state index contributed by atoms with van der Waals surface area (Å²) in [5.41, 5.74) is 3.56. The Balaban J connectivity index is 1.61. The van der Waals surface area contributed by atoms with Crippen molar-refractivity contribution in [1.82, 2.24) is 20.3 Å². The van der Waals surface area contributed by atoms with Gasteiger partial charge in [0.25, 0.3) is 0 Å². The maximum Gasteiger partial charge on any atom is 0.422 e. The highest BCUT2D eigenvalue weighted by Gasteiger charge is 2.29. The number of aromatic nitrogens is 3. The second-order valence-corrected chi connectivity index (χ2v) is 8.10. The van der Waals surface area contributed by atoms with Crippen LogP contribution >= 0.6 is 0 Å². The Bertz CT molecular complexity index is 1150. The summed E-state index contributed by atoms with van der Waals surface area (Å²) in [7, 11) is 0. The quantitative estimate of drug-likeness (QED) is 0.542. The summed E-state index contributed by atoms with van der Waals surface area (Å²) in [6.07, 6.45) is -2.39. The third-order valence-corrected chi connectivity index (χ3v) is 5.22. The fraction of sp³-hybridized carbons (Fsp3) is 0.320. The normalized spacial score (nSPS) is 14.9. The molecule has 0 fully saturated rings. The van der Waals surface area contributed by atoms with Gasteiger partial charge in [0.05, 0.1) is 6.61 Å². The first kappa shape index (κ1) is 24.3. The molecule has 2 aliphatic rings.